The number of furan rings is 1. The quantitative estimate of drug-likeness (QED) is 0.621. The number of hydrogen-bond acceptors (Lipinski definition) is 5. The summed E-state index contributed by atoms with van der Waals surface area (Å²) < 4.78 is 9.82. The van der Waals surface area contributed by atoms with Crippen molar-refractivity contribution in [3.8, 4) is 0 Å². The van der Waals surface area contributed by atoms with Crippen LogP contribution in [0.2, 0.25) is 0 Å². The van der Waals surface area contributed by atoms with Gasteiger partial charge in [0.25, 0.3) is 5.91 Å². The second kappa shape index (κ2) is 7.78. The number of amides is 3. The minimum absolute atomic E-state index is 0.388. The molecule has 20 heavy (non-hydrogen) atoms. The van der Waals surface area contributed by atoms with E-state index in [-0.39, 0.29) is 0 Å². The van der Waals surface area contributed by atoms with Crippen LogP contribution < -0.4 is 10.6 Å². The highest BCUT2D eigenvalue weighted by atomic mass is 16.5. The molecule has 0 aliphatic heterocycles. The van der Waals surface area contributed by atoms with Crippen LogP contribution in [0.25, 0.3) is 6.08 Å². The standard InChI is InChI=1S/C13H16N2O5/c1-3-14-13(18)15-12(17)9(2)20-11(16)7-6-10-5-4-8-19-10/h4-9H,3H2,1-2H3,(H2,14,15,17,18)/b7-6+. The third-order valence-corrected chi connectivity index (χ3v) is 2.16. The SMILES string of the molecule is CCNC(=O)NC(=O)C(C)OC(=O)/C=C/c1ccco1. The molecule has 0 bridgehead atoms. The zero-order chi connectivity index (χ0) is 15.0. The molecule has 1 rings (SSSR count). The largest absolute Gasteiger partial charge is 0.465 e. The van der Waals surface area contributed by atoms with E-state index in [2.05, 4.69) is 5.32 Å². The summed E-state index contributed by atoms with van der Waals surface area (Å²) in [5.74, 6) is -0.919. The molecule has 0 aliphatic rings. The van der Waals surface area contributed by atoms with Gasteiger partial charge in [0.15, 0.2) is 6.10 Å². The van der Waals surface area contributed by atoms with Crippen LogP contribution in [0.3, 0.4) is 0 Å². The first-order valence-electron chi connectivity index (χ1n) is 6.03. The van der Waals surface area contributed by atoms with Gasteiger partial charge in [-0.3, -0.25) is 10.1 Å². The van der Waals surface area contributed by atoms with Crippen LogP contribution in [-0.2, 0) is 14.3 Å². The minimum Gasteiger partial charge on any atom is -0.465 e. The van der Waals surface area contributed by atoms with Crippen molar-refractivity contribution >= 4 is 24.0 Å². The Hall–Kier alpha value is -2.57. The van der Waals surface area contributed by atoms with Gasteiger partial charge >= 0.3 is 12.0 Å². The molecular formula is C13H16N2O5. The lowest BCUT2D eigenvalue weighted by Gasteiger charge is -2.11. The average Bonchev–Trinajstić information content (AvgIpc) is 2.89. The monoisotopic (exact) mass is 280 g/mol. The van der Waals surface area contributed by atoms with E-state index in [4.69, 9.17) is 9.15 Å². The highest BCUT2D eigenvalue weighted by molar-refractivity contribution is 5.97. The van der Waals surface area contributed by atoms with Crippen LogP contribution in [-0.4, -0.2) is 30.6 Å². The molecule has 1 aromatic rings. The number of carbonyl (C=O) groups is 3. The Morgan fingerprint density at radius 2 is 2.20 bits per heavy atom. The van der Waals surface area contributed by atoms with Crippen molar-refractivity contribution < 1.29 is 23.5 Å². The van der Waals surface area contributed by atoms with Gasteiger partial charge in [0, 0.05) is 12.6 Å². The molecule has 1 atom stereocenters. The normalized spacial score (nSPS) is 11.9. The van der Waals surface area contributed by atoms with E-state index in [0.29, 0.717) is 12.3 Å². The van der Waals surface area contributed by atoms with E-state index in [9.17, 15) is 14.4 Å². The fourth-order valence-electron chi connectivity index (χ4n) is 1.22. The van der Waals surface area contributed by atoms with Gasteiger partial charge in [-0.2, -0.15) is 0 Å². The van der Waals surface area contributed by atoms with Gasteiger partial charge in [0.2, 0.25) is 0 Å². The predicted molar refractivity (Wildman–Crippen MR) is 70.5 cm³/mol. The second-order valence-electron chi connectivity index (χ2n) is 3.78. The fourth-order valence-corrected chi connectivity index (χ4v) is 1.22. The Bertz CT molecular complexity index is 493. The molecule has 0 aliphatic carbocycles. The number of imide groups is 1. The van der Waals surface area contributed by atoms with E-state index in [1.54, 1.807) is 19.1 Å². The van der Waals surface area contributed by atoms with Gasteiger partial charge < -0.3 is 14.5 Å². The topological polar surface area (TPSA) is 97.6 Å². The summed E-state index contributed by atoms with van der Waals surface area (Å²) in [7, 11) is 0. The maximum atomic E-state index is 11.5. The van der Waals surface area contributed by atoms with E-state index in [1.807, 2.05) is 5.32 Å². The van der Waals surface area contributed by atoms with Gasteiger partial charge in [0.1, 0.15) is 5.76 Å². The molecule has 7 nitrogen and oxygen atoms in total. The van der Waals surface area contributed by atoms with Crippen molar-refractivity contribution in [2.45, 2.75) is 20.0 Å². The summed E-state index contributed by atoms with van der Waals surface area (Å²) in [6, 6.07) is 2.70. The summed E-state index contributed by atoms with van der Waals surface area (Å²) in [6.45, 7) is 3.47. The van der Waals surface area contributed by atoms with Gasteiger partial charge in [-0.25, -0.2) is 9.59 Å². The maximum absolute atomic E-state index is 11.5. The van der Waals surface area contributed by atoms with Crippen molar-refractivity contribution in [2.75, 3.05) is 6.54 Å². The minimum atomic E-state index is -1.08. The van der Waals surface area contributed by atoms with Gasteiger partial charge in [-0.1, -0.05) is 0 Å². The lowest BCUT2D eigenvalue weighted by Crippen LogP contribution is -2.44. The van der Waals surface area contributed by atoms with Crippen LogP contribution in [0.1, 0.15) is 19.6 Å². The molecule has 7 heteroatoms. The molecule has 0 saturated heterocycles. The lowest BCUT2D eigenvalue weighted by atomic mass is 10.3. The van der Waals surface area contributed by atoms with E-state index < -0.39 is 24.0 Å². The molecule has 0 radical (unpaired) electrons. The molecule has 1 unspecified atom stereocenters. The predicted octanol–water partition coefficient (Wildman–Crippen LogP) is 1.07. The molecule has 1 aromatic heterocycles. The first-order chi connectivity index (χ1) is 9.52. The molecule has 1 heterocycles. The van der Waals surface area contributed by atoms with Gasteiger partial charge in [-0.05, 0) is 32.1 Å². The summed E-state index contributed by atoms with van der Waals surface area (Å²) in [5.41, 5.74) is 0. The van der Waals surface area contributed by atoms with E-state index in [1.165, 1.54) is 19.3 Å². The number of esters is 1. The van der Waals surface area contributed by atoms with Crippen molar-refractivity contribution in [1.82, 2.24) is 10.6 Å². The smallest absolute Gasteiger partial charge is 0.331 e. The molecule has 3 amide bonds. The number of carbonyl (C=O) groups excluding carboxylic acids is 3. The van der Waals surface area contributed by atoms with Crippen molar-refractivity contribution in [3.63, 3.8) is 0 Å². The molecule has 108 valence electrons. The Balaban J connectivity index is 2.41. The van der Waals surface area contributed by atoms with Crippen molar-refractivity contribution in [3.05, 3.63) is 30.2 Å². The fraction of sp³-hybridized carbons (Fsp3) is 0.308. The molecule has 0 fully saturated rings. The summed E-state index contributed by atoms with van der Waals surface area (Å²) in [5, 5.41) is 4.44. The number of rotatable bonds is 5. The van der Waals surface area contributed by atoms with E-state index in [0.717, 1.165) is 6.08 Å². The zero-order valence-corrected chi connectivity index (χ0v) is 11.2. The van der Waals surface area contributed by atoms with E-state index >= 15 is 0 Å². The molecule has 0 spiro atoms. The lowest BCUT2D eigenvalue weighted by molar-refractivity contribution is -0.149. The third kappa shape index (κ3) is 5.38. The Morgan fingerprint density at radius 1 is 1.45 bits per heavy atom. The van der Waals surface area contributed by atoms with Crippen molar-refractivity contribution in [1.29, 1.82) is 0 Å². The molecule has 2 N–H and O–H groups in total. The number of hydrogen-bond donors (Lipinski definition) is 2. The van der Waals surface area contributed by atoms with Crippen molar-refractivity contribution in [2.24, 2.45) is 0 Å². The first-order valence-corrected chi connectivity index (χ1v) is 6.03. The average molecular weight is 280 g/mol. The molecular weight excluding hydrogens is 264 g/mol. The zero-order valence-electron chi connectivity index (χ0n) is 11.2. The van der Waals surface area contributed by atoms with Gasteiger partial charge in [0.05, 0.1) is 6.26 Å². The van der Waals surface area contributed by atoms with Crippen LogP contribution in [0.15, 0.2) is 28.9 Å². The van der Waals surface area contributed by atoms with Gasteiger partial charge in [-0.15, -0.1) is 0 Å². The Kier molecular flexibility index (Phi) is 6.02. The van der Waals surface area contributed by atoms with Crippen LogP contribution in [0.4, 0.5) is 4.79 Å². The highest BCUT2D eigenvalue weighted by Crippen LogP contribution is 2.03. The molecule has 0 aromatic carbocycles. The summed E-state index contributed by atoms with van der Waals surface area (Å²) in [6.07, 6.45) is 2.94. The van der Waals surface area contributed by atoms with Crippen LogP contribution >= 0.6 is 0 Å². The number of urea groups is 1. The second-order valence-corrected chi connectivity index (χ2v) is 3.78. The summed E-state index contributed by atoms with van der Waals surface area (Å²) >= 11 is 0. The van der Waals surface area contributed by atoms with Crippen LogP contribution in [0, 0.1) is 0 Å². The Morgan fingerprint density at radius 3 is 2.80 bits per heavy atom. The summed E-state index contributed by atoms with van der Waals surface area (Å²) in [4.78, 5) is 34.1. The first kappa shape index (κ1) is 15.5. The number of ether oxygens (including phenoxy) is 1. The highest BCUT2D eigenvalue weighted by Gasteiger charge is 2.18. The Labute approximate surface area is 116 Å². The third-order valence-electron chi connectivity index (χ3n) is 2.16. The maximum Gasteiger partial charge on any atom is 0.331 e. The van der Waals surface area contributed by atoms with Crippen LogP contribution in [0.5, 0.6) is 0 Å². The number of nitrogens with one attached hydrogen (secondary N) is 2. The molecule has 0 saturated carbocycles.